The van der Waals surface area contributed by atoms with Gasteiger partial charge in [0.25, 0.3) is 5.56 Å². The van der Waals surface area contributed by atoms with Gasteiger partial charge in [0, 0.05) is 49.7 Å². The summed E-state index contributed by atoms with van der Waals surface area (Å²) in [6.45, 7) is 6.83. The summed E-state index contributed by atoms with van der Waals surface area (Å²) in [7, 11) is 0. The van der Waals surface area contributed by atoms with Gasteiger partial charge in [-0.3, -0.25) is 19.2 Å². The predicted octanol–water partition coefficient (Wildman–Crippen LogP) is 3.50. The third kappa shape index (κ3) is 4.60. The average Bonchev–Trinajstić information content (AvgIpc) is 3.62. The fraction of sp³-hybridized carbons (Fsp3) is 0.429. The summed E-state index contributed by atoms with van der Waals surface area (Å²) in [4.78, 5) is 29.3. The molecule has 3 N–H and O–H groups in total. The number of hydrogen-bond donors (Lipinski definition) is 2. The zero-order valence-corrected chi connectivity index (χ0v) is 22.1. The maximum Gasteiger partial charge on any atom is 0.292 e. The van der Waals surface area contributed by atoms with Crippen molar-refractivity contribution in [3.63, 3.8) is 0 Å². The molecule has 4 aromatic rings. The number of halogens is 1. The monoisotopic (exact) mass is 533 g/mol. The number of alkyl halides is 1. The molecule has 2 fully saturated rings. The van der Waals surface area contributed by atoms with Crippen LogP contribution in [-0.4, -0.2) is 74.6 Å². The van der Waals surface area contributed by atoms with E-state index in [4.69, 9.17) is 15.2 Å². The van der Waals surface area contributed by atoms with Gasteiger partial charge < -0.3 is 15.1 Å². The number of nitrogens with zero attached hydrogens (tertiary/aromatic N) is 5. The third-order valence-corrected chi connectivity index (χ3v) is 7.93. The Bertz CT molecular complexity index is 1640. The van der Waals surface area contributed by atoms with E-state index in [1.54, 1.807) is 6.08 Å². The zero-order valence-electron chi connectivity index (χ0n) is 22.1. The van der Waals surface area contributed by atoms with Crippen LogP contribution in [0.3, 0.4) is 0 Å². The highest BCUT2D eigenvalue weighted by Gasteiger charge is 2.31. The van der Waals surface area contributed by atoms with Crippen molar-refractivity contribution in [3.05, 3.63) is 51.8 Å². The van der Waals surface area contributed by atoms with Crippen LogP contribution in [0.1, 0.15) is 36.4 Å². The summed E-state index contributed by atoms with van der Waals surface area (Å²) in [5, 5.41) is 12.6. The number of anilines is 1. The molecule has 10 nitrogen and oxygen atoms in total. The number of benzene rings is 1. The highest BCUT2D eigenvalue weighted by Crippen LogP contribution is 2.40. The standard InChI is InChI=1S/C28H32FN7O3/c1-16-5-6-21-20(14-16)17(2)26(39-21)25-23-24(28(38)32-31-27(23)30)33-36(25)19-8-12-35(13-9-19)22(37)4-3-10-34-11-7-18(29)15-34/h3-6,14,18-19H,7-13,15H2,1-2H3,(H2,30,31)(H,32,38)/b4-3+/t18-/m1/s1. The molecular formula is C28H32FN7O3. The fourth-order valence-corrected chi connectivity index (χ4v) is 5.79. The van der Waals surface area contributed by atoms with E-state index in [1.165, 1.54) is 0 Å². The lowest BCUT2D eigenvalue weighted by Crippen LogP contribution is -2.38. The maximum atomic E-state index is 13.4. The second-order valence-corrected chi connectivity index (χ2v) is 10.6. The topological polar surface area (TPSA) is 126 Å². The van der Waals surface area contributed by atoms with E-state index in [-0.39, 0.29) is 23.3 Å². The summed E-state index contributed by atoms with van der Waals surface area (Å²) in [5.74, 6) is 0.733. The van der Waals surface area contributed by atoms with Crippen LogP contribution in [0.15, 0.2) is 39.6 Å². The van der Waals surface area contributed by atoms with E-state index in [0.717, 1.165) is 28.6 Å². The summed E-state index contributed by atoms with van der Waals surface area (Å²) in [5.41, 5.74) is 9.50. The van der Waals surface area contributed by atoms with Crippen molar-refractivity contribution < 1.29 is 13.6 Å². The van der Waals surface area contributed by atoms with Crippen LogP contribution in [0, 0.1) is 13.8 Å². The molecule has 0 radical (unpaired) electrons. The molecule has 6 rings (SSSR count). The number of nitrogens with two attached hydrogens (primary N) is 1. The highest BCUT2D eigenvalue weighted by molar-refractivity contribution is 6.01. The number of rotatable bonds is 5. The Morgan fingerprint density at radius 3 is 2.77 bits per heavy atom. The number of amides is 1. The SMILES string of the molecule is Cc1ccc2oc(-c3c4c(N)n[nH]c(=O)c4nn3C3CCN(C(=O)/C=C/CN4CC[C@@H](F)C4)CC3)c(C)c2c1. The smallest absolute Gasteiger partial charge is 0.292 e. The van der Waals surface area contributed by atoms with Gasteiger partial charge >= 0.3 is 0 Å². The first kappa shape index (κ1) is 25.3. The molecule has 2 aliphatic rings. The number of nitrogens with one attached hydrogen (secondary N) is 1. The molecule has 0 aliphatic carbocycles. The summed E-state index contributed by atoms with van der Waals surface area (Å²) in [6.07, 6.45) is 4.50. The van der Waals surface area contributed by atoms with Crippen LogP contribution >= 0.6 is 0 Å². The van der Waals surface area contributed by atoms with Crippen LogP contribution in [0.2, 0.25) is 0 Å². The molecule has 0 spiro atoms. The van der Waals surface area contributed by atoms with Gasteiger partial charge in [0.2, 0.25) is 5.91 Å². The maximum absolute atomic E-state index is 13.4. The Balaban J connectivity index is 1.28. The Morgan fingerprint density at radius 1 is 1.23 bits per heavy atom. The van der Waals surface area contributed by atoms with Crippen molar-refractivity contribution in [2.24, 2.45) is 0 Å². The van der Waals surface area contributed by atoms with Gasteiger partial charge in [-0.2, -0.15) is 10.2 Å². The Kier molecular flexibility index (Phi) is 6.46. The molecule has 39 heavy (non-hydrogen) atoms. The Hall–Kier alpha value is -3.99. The van der Waals surface area contributed by atoms with Crippen LogP contribution < -0.4 is 11.3 Å². The normalized spacial score (nSPS) is 19.3. The number of furan rings is 1. The van der Waals surface area contributed by atoms with Crippen molar-refractivity contribution in [1.29, 1.82) is 0 Å². The first-order valence-electron chi connectivity index (χ1n) is 13.4. The number of carbonyl (C=O) groups excluding carboxylic acids is 1. The van der Waals surface area contributed by atoms with E-state index in [2.05, 4.69) is 16.3 Å². The van der Waals surface area contributed by atoms with Gasteiger partial charge in [-0.1, -0.05) is 17.7 Å². The van der Waals surface area contributed by atoms with Crippen molar-refractivity contribution in [1.82, 2.24) is 29.8 Å². The second-order valence-electron chi connectivity index (χ2n) is 10.6. The van der Waals surface area contributed by atoms with E-state index in [9.17, 15) is 14.0 Å². The van der Waals surface area contributed by atoms with Gasteiger partial charge in [-0.25, -0.2) is 9.49 Å². The van der Waals surface area contributed by atoms with Crippen molar-refractivity contribution in [3.8, 4) is 11.5 Å². The number of hydrogen-bond acceptors (Lipinski definition) is 7. The molecule has 0 bridgehead atoms. The first-order valence-corrected chi connectivity index (χ1v) is 13.4. The molecule has 1 aromatic carbocycles. The van der Waals surface area contributed by atoms with Crippen LogP contribution in [-0.2, 0) is 4.79 Å². The fourth-order valence-electron chi connectivity index (χ4n) is 5.79. The van der Waals surface area contributed by atoms with E-state index in [1.807, 2.05) is 46.5 Å². The van der Waals surface area contributed by atoms with Gasteiger partial charge in [0.15, 0.2) is 17.1 Å². The lowest BCUT2D eigenvalue weighted by molar-refractivity contribution is -0.127. The number of aromatic nitrogens is 4. The molecule has 204 valence electrons. The number of H-pyrrole nitrogens is 1. The van der Waals surface area contributed by atoms with E-state index < -0.39 is 11.7 Å². The third-order valence-electron chi connectivity index (χ3n) is 7.93. The Labute approximate surface area is 224 Å². The minimum atomic E-state index is -0.772. The highest BCUT2D eigenvalue weighted by atomic mass is 19.1. The molecule has 11 heteroatoms. The van der Waals surface area contributed by atoms with E-state index >= 15 is 0 Å². The molecule has 0 unspecified atom stereocenters. The van der Waals surface area contributed by atoms with Gasteiger partial charge in [0.1, 0.15) is 17.4 Å². The number of carbonyl (C=O) groups is 1. The number of aromatic amines is 1. The van der Waals surface area contributed by atoms with Crippen LogP contribution in [0.25, 0.3) is 33.3 Å². The molecule has 2 saturated heterocycles. The van der Waals surface area contributed by atoms with Crippen molar-refractivity contribution >= 4 is 33.6 Å². The number of likely N-dealkylation sites (tertiary alicyclic amines) is 2. The van der Waals surface area contributed by atoms with Gasteiger partial charge in [-0.15, -0.1) is 0 Å². The molecule has 0 saturated carbocycles. The lowest BCUT2D eigenvalue weighted by Gasteiger charge is -2.32. The summed E-state index contributed by atoms with van der Waals surface area (Å²) in [6, 6.07) is 5.94. The quantitative estimate of drug-likeness (QED) is 0.376. The van der Waals surface area contributed by atoms with E-state index in [0.29, 0.717) is 62.3 Å². The lowest BCUT2D eigenvalue weighted by atomic mass is 10.0. The predicted molar refractivity (Wildman–Crippen MR) is 147 cm³/mol. The number of aryl methyl sites for hydroxylation is 2. The summed E-state index contributed by atoms with van der Waals surface area (Å²) < 4.78 is 21.6. The molecule has 5 heterocycles. The zero-order chi connectivity index (χ0) is 27.3. The largest absolute Gasteiger partial charge is 0.454 e. The first-order chi connectivity index (χ1) is 18.8. The van der Waals surface area contributed by atoms with Crippen molar-refractivity contribution in [2.45, 2.75) is 45.3 Å². The average molecular weight is 534 g/mol. The minimum Gasteiger partial charge on any atom is -0.454 e. The molecule has 3 aromatic heterocycles. The molecule has 1 atom stereocenters. The number of piperidine rings is 1. The Morgan fingerprint density at radius 2 is 2.03 bits per heavy atom. The molecule has 2 aliphatic heterocycles. The molecular weight excluding hydrogens is 501 g/mol. The molecule has 1 amide bonds. The van der Waals surface area contributed by atoms with Crippen LogP contribution in [0.5, 0.6) is 0 Å². The second kappa shape index (κ2) is 9.96. The number of nitrogen functional groups attached to an aromatic ring is 1. The van der Waals surface area contributed by atoms with Gasteiger partial charge in [-0.05, 0) is 45.2 Å². The van der Waals surface area contributed by atoms with Crippen LogP contribution in [0.4, 0.5) is 10.2 Å². The summed E-state index contributed by atoms with van der Waals surface area (Å²) >= 11 is 0. The van der Waals surface area contributed by atoms with Crippen molar-refractivity contribution in [2.75, 3.05) is 38.5 Å². The minimum absolute atomic E-state index is 0.0521. The number of fused-ring (bicyclic) bond motifs is 2. The van der Waals surface area contributed by atoms with Gasteiger partial charge in [0.05, 0.1) is 11.4 Å².